The summed E-state index contributed by atoms with van der Waals surface area (Å²) >= 11 is 0. The van der Waals surface area contributed by atoms with E-state index in [-0.39, 0.29) is 0 Å². The Bertz CT molecular complexity index is 1980. The van der Waals surface area contributed by atoms with E-state index in [0.717, 1.165) is 55.0 Å². The molecule has 4 aromatic rings. The highest BCUT2D eigenvalue weighted by Crippen LogP contribution is 2.69. The summed E-state index contributed by atoms with van der Waals surface area (Å²) in [5, 5.41) is 6.23. The van der Waals surface area contributed by atoms with Crippen LogP contribution in [-0.4, -0.2) is 29.7 Å². The average molecular weight is 853 g/mol. The van der Waals surface area contributed by atoms with Gasteiger partial charge in [-0.3, -0.25) is 0 Å². The number of allylic oxidation sites excluding steroid dienone is 1. The smallest absolute Gasteiger partial charge is 0.0612 e. The molecule has 0 spiro atoms. The van der Waals surface area contributed by atoms with Gasteiger partial charge in [-0.2, -0.15) is 0 Å². The van der Waals surface area contributed by atoms with Gasteiger partial charge in [0, 0.05) is 12.0 Å². The maximum absolute atomic E-state index is 7.31. The van der Waals surface area contributed by atoms with Crippen LogP contribution >= 0.6 is 13.8 Å². The molecule has 3 heteroatoms. The summed E-state index contributed by atoms with van der Waals surface area (Å²) in [6.07, 6.45) is 19.0. The first-order chi connectivity index (χ1) is 29.6. The van der Waals surface area contributed by atoms with E-state index in [1.165, 1.54) is 85.4 Å². The molecule has 8 rings (SSSR count). The van der Waals surface area contributed by atoms with E-state index >= 15 is 0 Å². The van der Waals surface area contributed by atoms with E-state index < -0.39 is 13.8 Å². The first kappa shape index (κ1) is 44.8. The van der Waals surface area contributed by atoms with Crippen LogP contribution < -0.4 is 21.2 Å². The van der Waals surface area contributed by atoms with Crippen LogP contribution in [0, 0.1) is 46.3 Å². The van der Waals surface area contributed by atoms with Crippen LogP contribution in [0.1, 0.15) is 126 Å². The van der Waals surface area contributed by atoms with Crippen molar-refractivity contribution >= 4 is 46.6 Å². The number of hydrogen-bond acceptors (Lipinski definition) is 1. The van der Waals surface area contributed by atoms with E-state index in [0.29, 0.717) is 22.3 Å². The summed E-state index contributed by atoms with van der Waals surface area (Å²) in [5.74, 6) is 10.5. The maximum atomic E-state index is 7.31. The van der Waals surface area contributed by atoms with E-state index in [1.54, 1.807) is 5.57 Å². The molecule has 0 bridgehead atoms. The lowest BCUT2D eigenvalue weighted by Gasteiger charge is -2.58. The Hall–Kier alpha value is -2.82. The molecule has 326 valence electrons. The fraction of sp³-hybridized carbons (Fsp3) is 0.517. The summed E-state index contributed by atoms with van der Waals surface area (Å²) in [4.78, 5) is 0. The molecule has 0 aromatic heterocycles. The molecule has 8 atom stereocenters. The largest absolute Gasteiger partial charge is 0.378 e. The predicted molar refractivity (Wildman–Crippen MR) is 273 cm³/mol. The molecule has 0 unspecified atom stereocenters. The van der Waals surface area contributed by atoms with Crippen molar-refractivity contribution in [1.82, 2.24) is 0 Å². The van der Waals surface area contributed by atoms with Crippen molar-refractivity contribution in [3.63, 3.8) is 0 Å². The fourth-order valence-electron chi connectivity index (χ4n) is 14.5. The summed E-state index contributed by atoms with van der Waals surface area (Å²) in [7, 11) is 0. The zero-order valence-corrected chi connectivity index (χ0v) is 40.7. The second kappa shape index (κ2) is 19.1. The fourth-order valence-corrected chi connectivity index (χ4v) is 26.7. The van der Waals surface area contributed by atoms with Gasteiger partial charge in [-0.1, -0.05) is 198 Å². The highest BCUT2D eigenvalue weighted by atomic mass is 31.2. The van der Waals surface area contributed by atoms with Crippen molar-refractivity contribution in [3.8, 4) is 0 Å². The quantitative estimate of drug-likeness (QED) is 0.0855. The Morgan fingerprint density at radius 1 is 0.623 bits per heavy atom. The van der Waals surface area contributed by atoms with Crippen LogP contribution in [0.3, 0.4) is 0 Å². The van der Waals surface area contributed by atoms with Crippen LogP contribution in [0.15, 0.2) is 133 Å². The third kappa shape index (κ3) is 8.26. The van der Waals surface area contributed by atoms with Crippen molar-refractivity contribution < 1.29 is 4.74 Å². The third-order valence-corrected chi connectivity index (χ3v) is 28.3. The molecule has 0 amide bonds. The van der Waals surface area contributed by atoms with Gasteiger partial charge in [0.2, 0.25) is 0 Å². The highest BCUT2D eigenvalue weighted by molar-refractivity contribution is 8.03. The molecule has 61 heavy (non-hydrogen) atoms. The molecule has 1 nitrogen and oxygen atoms in total. The maximum Gasteiger partial charge on any atom is 0.0612 e. The van der Waals surface area contributed by atoms with Crippen molar-refractivity contribution in [2.75, 3.05) is 6.61 Å². The molecule has 4 aliphatic carbocycles. The SMILES string of the molecule is CC=P(c1ccccc1)(c1ccccc1)C(CCO[C@H]1CC[C@@]2(C)C(=CC[C@H]3[C@@H]4CC[C@H]([C@H](C)CCCC(C)C)[C@@]4(C)CC[C@@H]32)C1)P(=CC)(c1ccccc1)c1ccccc1. The molecule has 0 aliphatic heterocycles. The average Bonchev–Trinajstić information content (AvgIpc) is 3.66. The molecule has 4 aliphatic rings. The Morgan fingerprint density at radius 3 is 1.64 bits per heavy atom. The van der Waals surface area contributed by atoms with Crippen LogP contribution in [0.5, 0.6) is 0 Å². The molecule has 3 fully saturated rings. The molecule has 4 aromatic carbocycles. The van der Waals surface area contributed by atoms with Crippen molar-refractivity contribution in [2.24, 2.45) is 46.3 Å². The number of hydrogen-bond donors (Lipinski definition) is 0. The van der Waals surface area contributed by atoms with Gasteiger partial charge < -0.3 is 4.74 Å². The second-order valence-corrected chi connectivity index (χ2v) is 28.6. The molecule has 0 saturated heterocycles. The zero-order chi connectivity index (χ0) is 42.7. The van der Waals surface area contributed by atoms with Crippen molar-refractivity contribution in [3.05, 3.63) is 133 Å². The molecular weight excluding hydrogens is 775 g/mol. The van der Waals surface area contributed by atoms with Crippen molar-refractivity contribution in [1.29, 1.82) is 0 Å². The van der Waals surface area contributed by atoms with Crippen LogP contribution in [-0.2, 0) is 4.74 Å². The van der Waals surface area contributed by atoms with Crippen molar-refractivity contribution in [2.45, 2.75) is 137 Å². The van der Waals surface area contributed by atoms with Gasteiger partial charge in [-0.05, 0) is 153 Å². The molecule has 0 N–H and O–H groups in total. The Morgan fingerprint density at radius 2 is 1.15 bits per heavy atom. The number of fused-ring (bicyclic) bond motifs is 5. The Kier molecular flexibility index (Phi) is 14.0. The second-order valence-electron chi connectivity index (χ2n) is 20.7. The Labute approximate surface area is 372 Å². The highest BCUT2D eigenvalue weighted by Gasteiger charge is 2.59. The molecular formula is C58H78OP2. The topological polar surface area (TPSA) is 9.23 Å². The summed E-state index contributed by atoms with van der Waals surface area (Å²) < 4.78 is 7.31. The first-order valence-corrected chi connectivity index (χ1v) is 28.4. The normalized spacial score (nSPS) is 28.1. The van der Waals surface area contributed by atoms with E-state index in [2.05, 4.69) is 187 Å². The lowest BCUT2D eigenvalue weighted by molar-refractivity contribution is -0.0639. The number of benzene rings is 4. The summed E-state index contributed by atoms with van der Waals surface area (Å²) in [6, 6.07) is 46.2. The van der Waals surface area contributed by atoms with E-state index in [1.807, 2.05) is 0 Å². The minimum atomic E-state index is -2.12. The molecule has 0 heterocycles. The standard InChI is InChI=1S/C58H78OP2/c1-8-60(48-25-14-10-15-26-48,49-27-16-11-17-28-49)56(61(9-2,50-29-18-12-19-30-50)51-31-20-13-21-32-51)39-42-59-47-37-40-57(6)46(43-47)33-34-52-54-36-35-53(45(5)24-22-23-44(3)4)58(54,7)41-38-55(52)57/h8-21,25-33,44-45,47,52-56H,22-24,34-43H2,1-7H3/t45-,47+,52+,53-,54+,55+,57+,58-/m1/s1. The minimum Gasteiger partial charge on any atom is -0.378 e. The van der Waals surface area contributed by atoms with Gasteiger partial charge in [0.15, 0.2) is 0 Å². The number of rotatable bonds is 15. The number of ether oxygens (including phenoxy) is 1. The van der Waals surface area contributed by atoms with Gasteiger partial charge in [0.25, 0.3) is 0 Å². The molecule has 0 radical (unpaired) electrons. The third-order valence-electron chi connectivity index (χ3n) is 17.5. The van der Waals surface area contributed by atoms with Gasteiger partial charge in [-0.25, -0.2) is 0 Å². The van der Waals surface area contributed by atoms with Crippen LogP contribution in [0.25, 0.3) is 0 Å². The summed E-state index contributed by atoms with van der Waals surface area (Å²) in [5.41, 5.74) is 2.62. The van der Waals surface area contributed by atoms with Gasteiger partial charge >= 0.3 is 0 Å². The minimum absolute atomic E-state index is 0.298. The predicted octanol–water partition coefficient (Wildman–Crippen LogP) is 14.1. The lowest BCUT2D eigenvalue weighted by Crippen LogP contribution is -2.51. The van der Waals surface area contributed by atoms with E-state index in [9.17, 15) is 0 Å². The first-order valence-electron chi connectivity index (χ1n) is 24.5. The summed E-state index contributed by atoms with van der Waals surface area (Å²) in [6.45, 7) is 14.1. The zero-order valence-electron chi connectivity index (χ0n) is 38.9. The van der Waals surface area contributed by atoms with Gasteiger partial charge in [-0.15, -0.1) is 0 Å². The van der Waals surface area contributed by atoms with E-state index in [4.69, 9.17) is 4.74 Å². The monoisotopic (exact) mass is 853 g/mol. The van der Waals surface area contributed by atoms with Gasteiger partial charge in [0.1, 0.15) is 0 Å². The van der Waals surface area contributed by atoms with Crippen LogP contribution in [0.2, 0.25) is 0 Å². The van der Waals surface area contributed by atoms with Gasteiger partial charge in [0.05, 0.1) is 6.10 Å². The molecule has 3 saturated carbocycles. The lowest BCUT2D eigenvalue weighted by atomic mass is 9.47. The Balaban J connectivity index is 1.07. The van der Waals surface area contributed by atoms with Crippen LogP contribution in [0.4, 0.5) is 0 Å².